The zero-order valence-electron chi connectivity index (χ0n) is 13.1. The fourth-order valence-electron chi connectivity index (χ4n) is 2.75. The zero-order valence-corrected chi connectivity index (χ0v) is 13.9. The lowest BCUT2D eigenvalue weighted by Gasteiger charge is -2.12. The van der Waals surface area contributed by atoms with Gasteiger partial charge in [-0.25, -0.2) is 9.59 Å². The van der Waals surface area contributed by atoms with E-state index in [1.807, 2.05) is 12.1 Å². The van der Waals surface area contributed by atoms with Gasteiger partial charge >= 0.3 is 11.9 Å². The largest absolute Gasteiger partial charge is 0.478 e. The normalized spacial score (nSPS) is 11.4. The highest BCUT2D eigenvalue weighted by Crippen LogP contribution is 2.32. The van der Waals surface area contributed by atoms with E-state index in [2.05, 4.69) is 0 Å². The number of benzene rings is 3. The molecule has 3 aromatic rings. The van der Waals surface area contributed by atoms with E-state index in [0.717, 1.165) is 16.8 Å². The van der Waals surface area contributed by atoms with Gasteiger partial charge in [0.2, 0.25) is 0 Å². The number of carbonyl (C=O) groups is 2. The third-order valence-corrected chi connectivity index (χ3v) is 4.75. The summed E-state index contributed by atoms with van der Waals surface area (Å²) in [6.07, 6.45) is 0. The van der Waals surface area contributed by atoms with Crippen LogP contribution in [0, 0.1) is 0 Å². The van der Waals surface area contributed by atoms with E-state index >= 15 is 0 Å². The highest BCUT2D eigenvalue weighted by atomic mass is 32.2. The minimum atomic E-state index is -4.73. The molecule has 0 unspecified atom stereocenters. The van der Waals surface area contributed by atoms with Gasteiger partial charge in [-0.15, -0.1) is 0 Å². The summed E-state index contributed by atoms with van der Waals surface area (Å²) in [5, 5.41) is 20.4. The van der Waals surface area contributed by atoms with Crippen molar-refractivity contribution in [3.05, 3.63) is 65.7 Å². The fourth-order valence-corrected chi connectivity index (χ4v) is 3.28. The molecule has 0 aliphatic rings. The van der Waals surface area contributed by atoms with Crippen molar-refractivity contribution in [3.63, 3.8) is 0 Å². The summed E-state index contributed by atoms with van der Waals surface area (Å²) in [5.41, 5.74) is -1.08. The van der Waals surface area contributed by atoms with Crippen LogP contribution in [0.4, 0.5) is 0 Å². The topological polar surface area (TPSA) is 129 Å². The van der Waals surface area contributed by atoms with Gasteiger partial charge in [-0.2, -0.15) is 8.42 Å². The molecule has 26 heavy (non-hydrogen) atoms. The van der Waals surface area contributed by atoms with Crippen molar-refractivity contribution in [2.24, 2.45) is 0 Å². The van der Waals surface area contributed by atoms with Gasteiger partial charge in [0.1, 0.15) is 0 Å². The van der Waals surface area contributed by atoms with E-state index in [1.54, 1.807) is 30.3 Å². The fraction of sp³-hybridized carbons (Fsp3) is 0. The number of fused-ring (bicyclic) bond motifs is 1. The first kappa shape index (κ1) is 17.6. The summed E-state index contributed by atoms with van der Waals surface area (Å²) in [5.74, 6) is -3.14. The van der Waals surface area contributed by atoms with Crippen molar-refractivity contribution < 1.29 is 32.8 Å². The van der Waals surface area contributed by atoms with Gasteiger partial charge in [0, 0.05) is 0 Å². The van der Waals surface area contributed by atoms with Gasteiger partial charge in [-0.05, 0) is 40.1 Å². The van der Waals surface area contributed by atoms with Crippen LogP contribution >= 0.6 is 0 Å². The van der Waals surface area contributed by atoms with Gasteiger partial charge in [0.25, 0.3) is 10.1 Å². The van der Waals surface area contributed by atoms with Gasteiger partial charge < -0.3 is 10.2 Å². The van der Waals surface area contributed by atoms with Crippen LogP contribution in [0.1, 0.15) is 20.7 Å². The number of rotatable bonds is 4. The molecule has 0 radical (unpaired) electrons. The highest BCUT2D eigenvalue weighted by molar-refractivity contribution is 7.85. The maximum Gasteiger partial charge on any atom is 0.337 e. The maximum atomic E-state index is 11.7. The first-order valence-electron chi connectivity index (χ1n) is 7.30. The van der Waals surface area contributed by atoms with Gasteiger partial charge in [-0.3, -0.25) is 4.55 Å². The van der Waals surface area contributed by atoms with Crippen LogP contribution in [0.5, 0.6) is 0 Å². The van der Waals surface area contributed by atoms with Crippen LogP contribution in [0.25, 0.3) is 21.9 Å². The summed E-state index contributed by atoms with van der Waals surface area (Å²) in [6, 6.07) is 13.7. The Morgan fingerprint density at radius 1 is 0.808 bits per heavy atom. The molecule has 0 amide bonds. The van der Waals surface area contributed by atoms with Crippen LogP contribution in [0.3, 0.4) is 0 Å². The van der Waals surface area contributed by atoms with Crippen LogP contribution in [0.15, 0.2) is 59.5 Å². The minimum Gasteiger partial charge on any atom is -0.478 e. The average Bonchev–Trinajstić information content (AvgIpc) is 2.59. The van der Waals surface area contributed by atoms with Crippen LogP contribution < -0.4 is 0 Å². The van der Waals surface area contributed by atoms with Crippen molar-refractivity contribution >= 4 is 32.8 Å². The van der Waals surface area contributed by atoms with Crippen LogP contribution in [0.2, 0.25) is 0 Å². The van der Waals surface area contributed by atoms with Crippen molar-refractivity contribution in [2.75, 3.05) is 0 Å². The number of hydrogen-bond acceptors (Lipinski definition) is 4. The summed E-state index contributed by atoms with van der Waals surface area (Å²) >= 11 is 0. The minimum absolute atomic E-state index is 0.115. The molecule has 0 fully saturated rings. The van der Waals surface area contributed by atoms with E-state index in [-0.39, 0.29) is 5.56 Å². The van der Waals surface area contributed by atoms with Crippen molar-refractivity contribution in [3.8, 4) is 11.1 Å². The lowest BCUT2D eigenvalue weighted by molar-refractivity contribution is 0.0652. The summed E-state index contributed by atoms with van der Waals surface area (Å²) in [6.45, 7) is 0. The number of hydrogen-bond donors (Lipinski definition) is 3. The van der Waals surface area contributed by atoms with Crippen molar-refractivity contribution in [1.82, 2.24) is 0 Å². The van der Waals surface area contributed by atoms with E-state index in [1.165, 1.54) is 0 Å². The molecule has 0 aliphatic carbocycles. The Morgan fingerprint density at radius 2 is 1.46 bits per heavy atom. The Labute approximate surface area is 147 Å². The lowest BCUT2D eigenvalue weighted by Crippen LogP contribution is -2.12. The second-order valence-corrected chi connectivity index (χ2v) is 6.96. The van der Waals surface area contributed by atoms with Crippen molar-refractivity contribution in [1.29, 1.82) is 0 Å². The van der Waals surface area contributed by atoms with Gasteiger partial charge in [0.05, 0.1) is 16.0 Å². The molecule has 0 bridgehead atoms. The molecule has 0 aliphatic heterocycles. The standard InChI is InChI=1S/C18H12O7S/c19-17(20)15-9-13(26(23,24)25)8-14(16(15)18(21)22)12-6-5-10-3-1-2-4-11(10)7-12/h1-9H,(H,19,20)(H,21,22)(H,23,24,25). The molecule has 0 aromatic heterocycles. The Hall–Kier alpha value is -3.23. The quantitative estimate of drug-likeness (QED) is 0.600. The molecule has 0 saturated heterocycles. The number of carboxylic acids is 2. The monoisotopic (exact) mass is 372 g/mol. The third kappa shape index (κ3) is 3.15. The van der Waals surface area contributed by atoms with Gasteiger partial charge in [0.15, 0.2) is 0 Å². The Kier molecular flexibility index (Phi) is 4.23. The van der Waals surface area contributed by atoms with E-state index in [4.69, 9.17) is 0 Å². The lowest BCUT2D eigenvalue weighted by atomic mass is 9.94. The molecular weight excluding hydrogens is 360 g/mol. The highest BCUT2D eigenvalue weighted by Gasteiger charge is 2.25. The summed E-state index contributed by atoms with van der Waals surface area (Å²) in [7, 11) is -4.73. The van der Waals surface area contributed by atoms with Gasteiger partial charge in [-0.1, -0.05) is 36.4 Å². The first-order chi connectivity index (χ1) is 12.2. The van der Waals surface area contributed by atoms with Crippen molar-refractivity contribution in [2.45, 2.75) is 4.90 Å². The zero-order chi connectivity index (χ0) is 19.1. The SMILES string of the molecule is O=C(O)c1cc(S(=O)(=O)O)cc(-c2ccc3ccccc3c2)c1C(=O)O. The Morgan fingerprint density at radius 3 is 2.04 bits per heavy atom. The van der Waals surface area contributed by atoms with Crippen LogP contribution in [-0.4, -0.2) is 35.1 Å². The van der Waals surface area contributed by atoms with E-state index < -0.39 is 38.1 Å². The average molecular weight is 372 g/mol. The molecule has 8 heteroatoms. The Balaban J connectivity index is 2.41. The molecule has 3 N–H and O–H groups in total. The second kappa shape index (κ2) is 6.25. The second-order valence-electron chi connectivity index (χ2n) is 5.54. The van der Waals surface area contributed by atoms with E-state index in [0.29, 0.717) is 11.6 Å². The predicted octanol–water partition coefficient (Wildman–Crippen LogP) is 3.15. The molecule has 0 saturated carbocycles. The molecule has 0 atom stereocenters. The molecule has 3 rings (SSSR count). The predicted molar refractivity (Wildman–Crippen MR) is 93.1 cm³/mol. The maximum absolute atomic E-state index is 11.7. The Bertz CT molecular complexity index is 1160. The molecule has 7 nitrogen and oxygen atoms in total. The van der Waals surface area contributed by atoms with Crippen LogP contribution in [-0.2, 0) is 10.1 Å². The third-order valence-electron chi connectivity index (χ3n) is 3.91. The number of carboxylic acid groups (broad SMARTS) is 2. The summed E-state index contributed by atoms with van der Waals surface area (Å²) in [4.78, 5) is 22.4. The molecular formula is C18H12O7S. The number of aromatic carboxylic acids is 2. The first-order valence-corrected chi connectivity index (χ1v) is 8.74. The molecule has 3 aromatic carbocycles. The molecule has 0 heterocycles. The molecule has 132 valence electrons. The van der Waals surface area contributed by atoms with E-state index in [9.17, 15) is 32.8 Å². The molecule has 0 spiro atoms. The summed E-state index contributed by atoms with van der Waals surface area (Å²) < 4.78 is 32.3. The smallest absolute Gasteiger partial charge is 0.337 e.